The number of aliphatic carboxylic acids is 1. The minimum Gasteiger partial charge on any atom is -0.481 e. The molecule has 0 unspecified atom stereocenters. The molecule has 3 heteroatoms. The van der Waals surface area contributed by atoms with E-state index in [1.165, 1.54) is 6.07 Å². The highest BCUT2D eigenvalue weighted by Gasteiger charge is 2.45. The molecule has 0 heterocycles. The molecular formula is C10H9FO2. The molecule has 1 aliphatic rings. The van der Waals surface area contributed by atoms with Crippen molar-refractivity contribution in [1.82, 2.24) is 0 Å². The van der Waals surface area contributed by atoms with E-state index in [2.05, 4.69) is 0 Å². The van der Waals surface area contributed by atoms with Crippen molar-refractivity contribution in [2.24, 2.45) is 5.92 Å². The first-order chi connectivity index (χ1) is 6.20. The molecule has 1 fully saturated rings. The van der Waals surface area contributed by atoms with Crippen molar-refractivity contribution in [2.75, 3.05) is 0 Å². The summed E-state index contributed by atoms with van der Waals surface area (Å²) in [5.74, 6) is -1.61. The molecule has 0 radical (unpaired) electrons. The summed E-state index contributed by atoms with van der Waals surface area (Å²) in [5.41, 5.74) is 0.537. The van der Waals surface area contributed by atoms with Gasteiger partial charge in [0.15, 0.2) is 0 Å². The largest absolute Gasteiger partial charge is 0.481 e. The number of carboxylic acid groups (broad SMARTS) is 1. The predicted molar refractivity (Wildman–Crippen MR) is 44.9 cm³/mol. The van der Waals surface area contributed by atoms with Crippen LogP contribution in [0.5, 0.6) is 0 Å². The average molecular weight is 180 g/mol. The Morgan fingerprint density at radius 2 is 2.15 bits per heavy atom. The van der Waals surface area contributed by atoms with Crippen LogP contribution in [0.2, 0.25) is 0 Å². The SMILES string of the molecule is O=C(O)[C@H]1C[C@H]1c1ccccc1F. The third-order valence-electron chi connectivity index (χ3n) is 2.41. The third-order valence-corrected chi connectivity index (χ3v) is 2.41. The van der Waals surface area contributed by atoms with Gasteiger partial charge in [-0.1, -0.05) is 18.2 Å². The van der Waals surface area contributed by atoms with Crippen LogP contribution in [-0.2, 0) is 4.79 Å². The smallest absolute Gasteiger partial charge is 0.307 e. The van der Waals surface area contributed by atoms with Gasteiger partial charge in [0.1, 0.15) is 5.82 Å². The standard InChI is InChI=1S/C10H9FO2/c11-9-4-2-1-3-6(9)7-5-8(7)10(12)13/h1-4,7-8H,5H2,(H,12,13)/t7-,8-/m0/s1. The van der Waals surface area contributed by atoms with Crippen molar-refractivity contribution in [3.8, 4) is 0 Å². The zero-order valence-corrected chi connectivity index (χ0v) is 6.90. The molecule has 0 spiro atoms. The van der Waals surface area contributed by atoms with Crippen molar-refractivity contribution in [3.63, 3.8) is 0 Å². The van der Waals surface area contributed by atoms with Gasteiger partial charge in [0.05, 0.1) is 5.92 Å². The summed E-state index contributed by atoms with van der Waals surface area (Å²) in [5, 5.41) is 8.65. The van der Waals surface area contributed by atoms with E-state index >= 15 is 0 Å². The summed E-state index contributed by atoms with van der Waals surface area (Å²) in [4.78, 5) is 10.5. The first kappa shape index (κ1) is 8.23. The highest BCUT2D eigenvalue weighted by atomic mass is 19.1. The number of rotatable bonds is 2. The zero-order valence-electron chi connectivity index (χ0n) is 6.90. The maximum Gasteiger partial charge on any atom is 0.307 e. The van der Waals surface area contributed by atoms with Crippen molar-refractivity contribution < 1.29 is 14.3 Å². The highest BCUT2D eigenvalue weighted by molar-refractivity contribution is 5.75. The second-order valence-electron chi connectivity index (χ2n) is 3.31. The second kappa shape index (κ2) is 2.83. The maximum atomic E-state index is 13.1. The molecule has 1 N–H and O–H groups in total. The van der Waals surface area contributed by atoms with Gasteiger partial charge in [0.2, 0.25) is 0 Å². The fourth-order valence-corrected chi connectivity index (χ4v) is 1.59. The maximum absolute atomic E-state index is 13.1. The molecule has 1 aliphatic carbocycles. The van der Waals surface area contributed by atoms with Gasteiger partial charge in [0.25, 0.3) is 0 Å². The lowest BCUT2D eigenvalue weighted by Crippen LogP contribution is -1.99. The summed E-state index contributed by atoms with van der Waals surface area (Å²) in [6.07, 6.45) is 0.566. The van der Waals surface area contributed by atoms with Gasteiger partial charge >= 0.3 is 5.97 Å². The molecule has 0 aromatic heterocycles. The summed E-state index contributed by atoms with van der Waals surface area (Å²) >= 11 is 0. The van der Waals surface area contributed by atoms with Gasteiger partial charge < -0.3 is 5.11 Å². The quantitative estimate of drug-likeness (QED) is 0.755. The van der Waals surface area contributed by atoms with Gasteiger partial charge in [-0.3, -0.25) is 4.79 Å². The van der Waals surface area contributed by atoms with Crippen molar-refractivity contribution in [3.05, 3.63) is 35.6 Å². The van der Waals surface area contributed by atoms with Gasteiger partial charge in [-0.15, -0.1) is 0 Å². The molecule has 2 nitrogen and oxygen atoms in total. The second-order valence-corrected chi connectivity index (χ2v) is 3.31. The van der Waals surface area contributed by atoms with E-state index < -0.39 is 5.97 Å². The Balaban J connectivity index is 2.21. The van der Waals surface area contributed by atoms with Crippen molar-refractivity contribution >= 4 is 5.97 Å². The molecule has 1 saturated carbocycles. The van der Waals surface area contributed by atoms with Crippen LogP contribution in [0.15, 0.2) is 24.3 Å². The van der Waals surface area contributed by atoms with Crippen LogP contribution >= 0.6 is 0 Å². The Kier molecular flexibility index (Phi) is 1.79. The minimum absolute atomic E-state index is 0.112. The van der Waals surface area contributed by atoms with E-state index in [-0.39, 0.29) is 17.7 Å². The Bertz CT molecular complexity index is 349. The Labute approximate surface area is 75.0 Å². The van der Waals surface area contributed by atoms with Crippen LogP contribution in [-0.4, -0.2) is 11.1 Å². The number of carbonyl (C=O) groups is 1. The first-order valence-electron chi connectivity index (χ1n) is 4.17. The van der Waals surface area contributed by atoms with Crippen LogP contribution in [0.1, 0.15) is 17.9 Å². The monoisotopic (exact) mass is 180 g/mol. The Morgan fingerprint density at radius 3 is 2.69 bits per heavy atom. The highest BCUT2D eigenvalue weighted by Crippen LogP contribution is 2.48. The van der Waals surface area contributed by atoms with E-state index in [0.717, 1.165) is 0 Å². The van der Waals surface area contributed by atoms with Gasteiger partial charge in [0, 0.05) is 5.92 Å². The summed E-state index contributed by atoms with van der Waals surface area (Å²) in [6, 6.07) is 6.36. The zero-order chi connectivity index (χ0) is 9.42. The van der Waals surface area contributed by atoms with E-state index in [9.17, 15) is 9.18 Å². The molecule has 0 saturated heterocycles. The van der Waals surface area contributed by atoms with Crippen LogP contribution < -0.4 is 0 Å². The predicted octanol–water partition coefficient (Wildman–Crippen LogP) is 2.01. The molecule has 0 amide bonds. The summed E-state index contributed by atoms with van der Waals surface area (Å²) in [6.45, 7) is 0. The lowest BCUT2D eigenvalue weighted by atomic mass is 10.1. The topological polar surface area (TPSA) is 37.3 Å². The van der Waals surface area contributed by atoms with Crippen LogP contribution in [0.3, 0.4) is 0 Å². The fraction of sp³-hybridized carbons (Fsp3) is 0.300. The van der Waals surface area contributed by atoms with Gasteiger partial charge in [-0.25, -0.2) is 4.39 Å². The molecule has 1 aromatic carbocycles. The molecule has 68 valence electrons. The van der Waals surface area contributed by atoms with Gasteiger partial charge in [-0.2, -0.15) is 0 Å². The number of carboxylic acids is 1. The molecule has 2 rings (SSSR count). The number of hydrogen-bond donors (Lipinski definition) is 1. The van der Waals surface area contributed by atoms with Crippen LogP contribution in [0.25, 0.3) is 0 Å². The van der Waals surface area contributed by atoms with E-state index in [4.69, 9.17) is 5.11 Å². The third kappa shape index (κ3) is 1.41. The lowest BCUT2D eigenvalue weighted by molar-refractivity contribution is -0.138. The number of benzene rings is 1. The van der Waals surface area contributed by atoms with E-state index in [1.54, 1.807) is 18.2 Å². The normalized spacial score (nSPS) is 25.6. The Hall–Kier alpha value is -1.38. The molecule has 0 bridgehead atoms. The average Bonchev–Trinajstić information content (AvgIpc) is 2.84. The van der Waals surface area contributed by atoms with E-state index in [1.807, 2.05) is 0 Å². The number of hydrogen-bond acceptors (Lipinski definition) is 1. The van der Waals surface area contributed by atoms with Gasteiger partial charge in [-0.05, 0) is 18.1 Å². The van der Waals surface area contributed by atoms with Crippen molar-refractivity contribution in [2.45, 2.75) is 12.3 Å². The van der Waals surface area contributed by atoms with Crippen molar-refractivity contribution in [1.29, 1.82) is 0 Å². The molecule has 0 aliphatic heterocycles. The summed E-state index contributed by atoms with van der Waals surface area (Å²) < 4.78 is 13.1. The molecule has 2 atom stereocenters. The minimum atomic E-state index is -0.826. The fourth-order valence-electron chi connectivity index (χ4n) is 1.59. The molecular weight excluding hydrogens is 171 g/mol. The first-order valence-corrected chi connectivity index (χ1v) is 4.17. The van der Waals surface area contributed by atoms with Crippen LogP contribution in [0.4, 0.5) is 4.39 Å². The molecule has 1 aromatic rings. The van der Waals surface area contributed by atoms with Crippen LogP contribution in [0, 0.1) is 11.7 Å². The number of halogens is 1. The summed E-state index contributed by atoms with van der Waals surface area (Å²) in [7, 11) is 0. The Morgan fingerprint density at radius 1 is 1.46 bits per heavy atom. The lowest BCUT2D eigenvalue weighted by Gasteiger charge is -1.99. The molecule has 13 heavy (non-hydrogen) atoms. The van der Waals surface area contributed by atoms with E-state index in [0.29, 0.717) is 12.0 Å².